The van der Waals surface area contributed by atoms with E-state index >= 15 is 0 Å². The summed E-state index contributed by atoms with van der Waals surface area (Å²) in [5.74, 6) is 0.0802. The SMILES string of the molecule is O=C1C2CCCCCN2C(=O)N1C1CCC1. The van der Waals surface area contributed by atoms with Crippen molar-refractivity contribution < 1.29 is 9.59 Å². The van der Waals surface area contributed by atoms with Crippen molar-refractivity contribution >= 4 is 11.9 Å². The maximum Gasteiger partial charge on any atom is 0.327 e. The van der Waals surface area contributed by atoms with E-state index in [1.54, 1.807) is 4.90 Å². The van der Waals surface area contributed by atoms with E-state index in [-0.39, 0.29) is 24.0 Å². The van der Waals surface area contributed by atoms with E-state index in [1.807, 2.05) is 4.90 Å². The van der Waals surface area contributed by atoms with E-state index in [0.29, 0.717) is 0 Å². The molecule has 0 radical (unpaired) electrons. The highest BCUT2D eigenvalue weighted by Gasteiger charge is 2.48. The maximum absolute atomic E-state index is 12.2. The highest BCUT2D eigenvalue weighted by atomic mass is 16.2. The Bertz CT molecular complexity index is 301. The van der Waals surface area contributed by atoms with Gasteiger partial charge in [0.1, 0.15) is 6.04 Å². The first-order valence-electron chi connectivity index (χ1n) is 6.43. The number of amides is 3. The first-order valence-corrected chi connectivity index (χ1v) is 6.43. The molecule has 3 fully saturated rings. The second kappa shape index (κ2) is 3.75. The lowest BCUT2D eigenvalue weighted by atomic mass is 9.91. The van der Waals surface area contributed by atoms with E-state index < -0.39 is 0 Å². The molecule has 2 aliphatic heterocycles. The van der Waals surface area contributed by atoms with Crippen molar-refractivity contribution in [3.8, 4) is 0 Å². The summed E-state index contributed by atoms with van der Waals surface area (Å²) in [5, 5.41) is 0. The van der Waals surface area contributed by atoms with Crippen molar-refractivity contribution in [2.75, 3.05) is 6.54 Å². The number of fused-ring (bicyclic) bond motifs is 1. The highest BCUT2D eigenvalue weighted by Crippen LogP contribution is 2.33. The molecule has 0 N–H and O–H groups in total. The molecular formula is C12H18N2O2. The van der Waals surface area contributed by atoms with Crippen molar-refractivity contribution in [1.82, 2.24) is 9.80 Å². The molecule has 1 atom stereocenters. The van der Waals surface area contributed by atoms with Crippen LogP contribution >= 0.6 is 0 Å². The fourth-order valence-electron chi connectivity index (χ4n) is 2.97. The van der Waals surface area contributed by atoms with Gasteiger partial charge >= 0.3 is 6.03 Å². The zero-order valence-corrected chi connectivity index (χ0v) is 9.52. The van der Waals surface area contributed by atoms with Crippen LogP contribution in [0.5, 0.6) is 0 Å². The van der Waals surface area contributed by atoms with Crippen LogP contribution in [0.2, 0.25) is 0 Å². The zero-order valence-electron chi connectivity index (χ0n) is 9.52. The summed E-state index contributed by atoms with van der Waals surface area (Å²) in [7, 11) is 0. The molecule has 0 aromatic rings. The van der Waals surface area contributed by atoms with Crippen molar-refractivity contribution in [2.45, 2.75) is 57.0 Å². The smallest absolute Gasteiger partial charge is 0.312 e. The average Bonchev–Trinajstić information content (AvgIpc) is 2.45. The number of imide groups is 1. The Morgan fingerprint density at radius 2 is 1.75 bits per heavy atom. The van der Waals surface area contributed by atoms with Crippen LogP contribution in [0.15, 0.2) is 0 Å². The molecule has 16 heavy (non-hydrogen) atoms. The predicted octanol–water partition coefficient (Wildman–Crippen LogP) is 1.75. The van der Waals surface area contributed by atoms with Crippen LogP contribution in [0.3, 0.4) is 0 Å². The molecule has 3 aliphatic rings. The Kier molecular flexibility index (Phi) is 2.37. The van der Waals surface area contributed by atoms with Crippen LogP contribution in [-0.4, -0.2) is 40.4 Å². The van der Waals surface area contributed by atoms with Crippen LogP contribution in [0, 0.1) is 0 Å². The second-order valence-corrected chi connectivity index (χ2v) is 5.13. The van der Waals surface area contributed by atoms with Crippen LogP contribution in [0.25, 0.3) is 0 Å². The minimum atomic E-state index is -0.129. The van der Waals surface area contributed by atoms with Gasteiger partial charge in [0.2, 0.25) is 0 Å². The fraction of sp³-hybridized carbons (Fsp3) is 0.833. The Balaban J connectivity index is 1.83. The lowest BCUT2D eigenvalue weighted by Crippen LogP contribution is -2.45. The van der Waals surface area contributed by atoms with Gasteiger partial charge in [0, 0.05) is 12.6 Å². The summed E-state index contributed by atoms with van der Waals surface area (Å²) >= 11 is 0. The molecular weight excluding hydrogens is 204 g/mol. The molecule has 4 heteroatoms. The lowest BCUT2D eigenvalue weighted by Gasteiger charge is -2.32. The zero-order chi connectivity index (χ0) is 11.1. The normalized spacial score (nSPS) is 31.4. The topological polar surface area (TPSA) is 40.6 Å². The number of carbonyl (C=O) groups is 2. The average molecular weight is 222 g/mol. The third-order valence-corrected chi connectivity index (χ3v) is 4.17. The summed E-state index contributed by atoms with van der Waals surface area (Å²) in [6, 6.07) is 0.0733. The number of rotatable bonds is 1. The molecule has 3 rings (SSSR count). The van der Waals surface area contributed by atoms with Gasteiger partial charge in [-0.15, -0.1) is 0 Å². The monoisotopic (exact) mass is 222 g/mol. The van der Waals surface area contributed by atoms with E-state index in [1.165, 1.54) is 0 Å². The summed E-state index contributed by atoms with van der Waals surface area (Å²) in [4.78, 5) is 27.7. The Hall–Kier alpha value is -1.06. The van der Waals surface area contributed by atoms with Crippen molar-refractivity contribution in [3.05, 3.63) is 0 Å². The van der Waals surface area contributed by atoms with Gasteiger partial charge in [-0.25, -0.2) is 4.79 Å². The Labute approximate surface area is 95.6 Å². The molecule has 3 amide bonds. The number of hydrogen-bond donors (Lipinski definition) is 0. The molecule has 4 nitrogen and oxygen atoms in total. The van der Waals surface area contributed by atoms with Gasteiger partial charge in [-0.3, -0.25) is 9.69 Å². The van der Waals surface area contributed by atoms with Crippen LogP contribution in [-0.2, 0) is 4.79 Å². The van der Waals surface area contributed by atoms with Gasteiger partial charge < -0.3 is 4.90 Å². The quantitative estimate of drug-likeness (QED) is 0.634. The van der Waals surface area contributed by atoms with Crippen molar-refractivity contribution in [1.29, 1.82) is 0 Å². The van der Waals surface area contributed by atoms with E-state index in [0.717, 1.165) is 51.5 Å². The number of carbonyl (C=O) groups excluding carboxylic acids is 2. The fourth-order valence-corrected chi connectivity index (χ4v) is 2.97. The summed E-state index contributed by atoms with van der Waals surface area (Å²) < 4.78 is 0. The third-order valence-electron chi connectivity index (χ3n) is 4.17. The first kappa shape index (κ1) is 10.1. The standard InChI is InChI=1S/C12H18N2O2/c15-11-10-7-2-1-3-8-13(10)12(16)14(11)9-5-4-6-9/h9-10H,1-8H2. The molecule has 0 aromatic carbocycles. The van der Waals surface area contributed by atoms with Gasteiger partial charge in [-0.1, -0.05) is 12.8 Å². The summed E-state index contributed by atoms with van der Waals surface area (Å²) in [6.45, 7) is 0.776. The van der Waals surface area contributed by atoms with Gasteiger partial charge in [0.25, 0.3) is 5.91 Å². The van der Waals surface area contributed by atoms with Crippen LogP contribution in [0.4, 0.5) is 4.79 Å². The maximum atomic E-state index is 12.2. The van der Waals surface area contributed by atoms with E-state index in [4.69, 9.17) is 0 Å². The lowest BCUT2D eigenvalue weighted by molar-refractivity contribution is -0.131. The predicted molar refractivity (Wildman–Crippen MR) is 58.8 cm³/mol. The van der Waals surface area contributed by atoms with E-state index in [9.17, 15) is 9.59 Å². The molecule has 1 unspecified atom stereocenters. The summed E-state index contributed by atoms with van der Waals surface area (Å²) in [6.07, 6.45) is 7.33. The number of hydrogen-bond acceptors (Lipinski definition) is 2. The molecule has 2 saturated heterocycles. The summed E-state index contributed by atoms with van der Waals surface area (Å²) in [5.41, 5.74) is 0. The third kappa shape index (κ3) is 1.35. The van der Waals surface area contributed by atoms with Gasteiger partial charge in [0.05, 0.1) is 0 Å². The van der Waals surface area contributed by atoms with Crippen molar-refractivity contribution in [3.63, 3.8) is 0 Å². The van der Waals surface area contributed by atoms with Crippen molar-refractivity contribution in [2.24, 2.45) is 0 Å². The van der Waals surface area contributed by atoms with Crippen LogP contribution < -0.4 is 0 Å². The minimum Gasteiger partial charge on any atom is -0.312 e. The molecule has 2 heterocycles. The number of urea groups is 1. The van der Waals surface area contributed by atoms with Crippen LogP contribution in [0.1, 0.15) is 44.9 Å². The molecule has 1 saturated carbocycles. The first-order chi connectivity index (χ1) is 7.79. The molecule has 0 spiro atoms. The van der Waals surface area contributed by atoms with E-state index in [2.05, 4.69) is 0 Å². The largest absolute Gasteiger partial charge is 0.327 e. The van der Waals surface area contributed by atoms with Gasteiger partial charge in [-0.05, 0) is 32.1 Å². The molecule has 0 bridgehead atoms. The highest BCUT2D eigenvalue weighted by molar-refractivity contribution is 6.04. The second-order valence-electron chi connectivity index (χ2n) is 5.13. The van der Waals surface area contributed by atoms with Gasteiger partial charge in [0.15, 0.2) is 0 Å². The molecule has 0 aromatic heterocycles. The van der Waals surface area contributed by atoms with Gasteiger partial charge in [-0.2, -0.15) is 0 Å². The molecule has 1 aliphatic carbocycles. The molecule has 88 valence electrons. The Morgan fingerprint density at radius 3 is 2.44 bits per heavy atom. The Morgan fingerprint density at radius 1 is 0.938 bits per heavy atom. The minimum absolute atomic E-state index is 0.0124. The number of nitrogens with zero attached hydrogens (tertiary/aromatic N) is 2.